The molecule has 0 bridgehead atoms. The Labute approximate surface area is 108 Å². The van der Waals surface area contributed by atoms with Gasteiger partial charge in [-0.05, 0) is 25.7 Å². The van der Waals surface area contributed by atoms with Gasteiger partial charge in [-0.1, -0.05) is 6.42 Å². The van der Waals surface area contributed by atoms with Gasteiger partial charge in [0.05, 0.1) is 5.92 Å². The lowest BCUT2D eigenvalue weighted by atomic mass is 10.0. The van der Waals surface area contributed by atoms with Crippen LogP contribution in [0.3, 0.4) is 0 Å². The first-order chi connectivity index (χ1) is 8.51. The highest BCUT2D eigenvalue weighted by molar-refractivity contribution is 7.86. The van der Waals surface area contributed by atoms with Gasteiger partial charge in [-0.3, -0.25) is 4.79 Å². The molecule has 1 unspecified atom stereocenters. The van der Waals surface area contributed by atoms with Gasteiger partial charge in [-0.15, -0.1) is 0 Å². The number of hydrogen-bond donors (Lipinski definition) is 1. The van der Waals surface area contributed by atoms with Crippen molar-refractivity contribution in [1.29, 1.82) is 0 Å². The minimum atomic E-state index is -3.45. The highest BCUT2D eigenvalue weighted by Gasteiger charge is 2.36. The first kappa shape index (κ1) is 13.8. The molecule has 0 aromatic heterocycles. The number of rotatable bonds is 3. The summed E-state index contributed by atoms with van der Waals surface area (Å²) < 4.78 is 27.6. The molecule has 0 saturated carbocycles. The van der Waals surface area contributed by atoms with E-state index in [9.17, 15) is 13.2 Å². The monoisotopic (exact) mass is 276 g/mol. The number of aliphatic carboxylic acids is 1. The van der Waals surface area contributed by atoms with Gasteiger partial charge < -0.3 is 5.11 Å². The maximum absolute atomic E-state index is 12.4. The van der Waals surface area contributed by atoms with Gasteiger partial charge in [0, 0.05) is 26.2 Å². The molecule has 0 aliphatic carbocycles. The molecule has 6 nitrogen and oxygen atoms in total. The van der Waals surface area contributed by atoms with E-state index in [2.05, 4.69) is 0 Å². The SMILES string of the molecule is O=C(O)C1CCCN(S(=O)(=O)N2CCCCC2)C1. The van der Waals surface area contributed by atoms with E-state index in [0.29, 0.717) is 32.5 Å². The van der Waals surface area contributed by atoms with Crippen molar-refractivity contribution < 1.29 is 18.3 Å². The van der Waals surface area contributed by atoms with Gasteiger partial charge in [0.15, 0.2) is 0 Å². The Kier molecular flexibility index (Phi) is 4.24. The topological polar surface area (TPSA) is 77.9 Å². The van der Waals surface area contributed by atoms with Crippen LogP contribution >= 0.6 is 0 Å². The number of carboxylic acid groups (broad SMARTS) is 1. The van der Waals surface area contributed by atoms with Gasteiger partial charge in [-0.25, -0.2) is 0 Å². The van der Waals surface area contributed by atoms with Crippen molar-refractivity contribution in [3.8, 4) is 0 Å². The summed E-state index contributed by atoms with van der Waals surface area (Å²) in [7, 11) is -3.45. The molecule has 0 radical (unpaired) electrons. The van der Waals surface area contributed by atoms with Crippen LogP contribution in [-0.2, 0) is 15.0 Å². The molecule has 2 aliphatic rings. The highest BCUT2D eigenvalue weighted by Crippen LogP contribution is 2.23. The molecule has 2 rings (SSSR count). The zero-order chi connectivity index (χ0) is 13.2. The molecule has 2 aliphatic heterocycles. The number of hydrogen-bond acceptors (Lipinski definition) is 3. The number of carboxylic acids is 1. The molecular formula is C11H20N2O4S. The summed E-state index contributed by atoms with van der Waals surface area (Å²) in [6, 6.07) is 0. The molecule has 0 spiro atoms. The summed E-state index contributed by atoms with van der Waals surface area (Å²) in [5.41, 5.74) is 0. The van der Waals surface area contributed by atoms with E-state index in [-0.39, 0.29) is 6.54 Å². The molecule has 104 valence electrons. The van der Waals surface area contributed by atoms with Crippen LogP contribution in [0.5, 0.6) is 0 Å². The first-order valence-electron chi connectivity index (χ1n) is 6.50. The van der Waals surface area contributed by atoms with Gasteiger partial charge >= 0.3 is 5.97 Å². The van der Waals surface area contributed by atoms with Crippen molar-refractivity contribution in [1.82, 2.24) is 8.61 Å². The quantitative estimate of drug-likeness (QED) is 0.815. The Balaban J connectivity index is 2.06. The van der Waals surface area contributed by atoms with Crippen molar-refractivity contribution >= 4 is 16.2 Å². The minimum absolute atomic E-state index is 0.119. The Morgan fingerprint density at radius 1 is 1.00 bits per heavy atom. The molecule has 2 heterocycles. The van der Waals surface area contributed by atoms with Crippen LogP contribution in [0.4, 0.5) is 0 Å². The number of piperidine rings is 2. The average Bonchev–Trinajstić information content (AvgIpc) is 2.40. The molecular weight excluding hydrogens is 256 g/mol. The zero-order valence-corrected chi connectivity index (χ0v) is 11.2. The fraction of sp³-hybridized carbons (Fsp3) is 0.909. The van der Waals surface area contributed by atoms with Gasteiger partial charge in [-0.2, -0.15) is 17.0 Å². The van der Waals surface area contributed by atoms with Crippen molar-refractivity contribution in [2.75, 3.05) is 26.2 Å². The lowest BCUT2D eigenvalue weighted by molar-refractivity contribution is -0.142. The first-order valence-corrected chi connectivity index (χ1v) is 7.89. The van der Waals surface area contributed by atoms with Crippen LogP contribution in [0.25, 0.3) is 0 Å². The van der Waals surface area contributed by atoms with Gasteiger partial charge in [0.1, 0.15) is 0 Å². The predicted octanol–water partition coefficient (Wildman–Crippen LogP) is 0.514. The smallest absolute Gasteiger partial charge is 0.307 e. The van der Waals surface area contributed by atoms with Crippen LogP contribution in [0.15, 0.2) is 0 Å². The Hall–Kier alpha value is -0.660. The van der Waals surface area contributed by atoms with E-state index < -0.39 is 22.1 Å². The second kappa shape index (κ2) is 5.54. The average molecular weight is 276 g/mol. The van der Waals surface area contributed by atoms with Gasteiger partial charge in [0.2, 0.25) is 0 Å². The molecule has 18 heavy (non-hydrogen) atoms. The molecule has 0 aromatic carbocycles. The summed E-state index contributed by atoms with van der Waals surface area (Å²) in [5, 5.41) is 9.00. The van der Waals surface area contributed by atoms with Crippen LogP contribution in [0, 0.1) is 5.92 Å². The van der Waals surface area contributed by atoms with Crippen LogP contribution < -0.4 is 0 Å². The Morgan fingerprint density at radius 3 is 2.22 bits per heavy atom. The fourth-order valence-electron chi connectivity index (χ4n) is 2.61. The van der Waals surface area contributed by atoms with Crippen molar-refractivity contribution in [2.24, 2.45) is 5.92 Å². The Bertz CT molecular complexity index is 403. The van der Waals surface area contributed by atoms with Crippen molar-refractivity contribution in [3.63, 3.8) is 0 Å². The number of nitrogens with zero attached hydrogens (tertiary/aromatic N) is 2. The lowest BCUT2D eigenvalue weighted by Gasteiger charge is -2.35. The summed E-state index contributed by atoms with van der Waals surface area (Å²) in [5.74, 6) is -1.45. The minimum Gasteiger partial charge on any atom is -0.481 e. The lowest BCUT2D eigenvalue weighted by Crippen LogP contribution is -2.50. The standard InChI is InChI=1S/C11H20N2O4S/c14-11(15)10-5-4-8-13(9-10)18(16,17)12-6-2-1-3-7-12/h10H,1-9H2,(H,14,15). The van der Waals surface area contributed by atoms with Crippen molar-refractivity contribution in [2.45, 2.75) is 32.1 Å². The van der Waals surface area contributed by atoms with E-state index in [1.165, 1.54) is 8.61 Å². The maximum Gasteiger partial charge on any atom is 0.307 e. The van der Waals surface area contributed by atoms with Crippen LogP contribution in [0.2, 0.25) is 0 Å². The van der Waals surface area contributed by atoms with E-state index >= 15 is 0 Å². The third-order valence-electron chi connectivity index (χ3n) is 3.70. The van der Waals surface area contributed by atoms with Crippen molar-refractivity contribution in [3.05, 3.63) is 0 Å². The zero-order valence-electron chi connectivity index (χ0n) is 10.4. The Morgan fingerprint density at radius 2 is 1.61 bits per heavy atom. The summed E-state index contributed by atoms with van der Waals surface area (Å²) in [6.45, 7) is 1.70. The predicted molar refractivity (Wildman–Crippen MR) is 66.3 cm³/mol. The molecule has 0 aromatic rings. The molecule has 1 atom stereocenters. The molecule has 2 saturated heterocycles. The number of carbonyl (C=O) groups is 1. The molecule has 2 fully saturated rings. The summed E-state index contributed by atoms with van der Waals surface area (Å²) in [4.78, 5) is 11.0. The third kappa shape index (κ3) is 2.84. The molecule has 1 N–H and O–H groups in total. The van der Waals surface area contributed by atoms with E-state index in [1.807, 2.05) is 0 Å². The molecule has 0 amide bonds. The highest BCUT2D eigenvalue weighted by atomic mass is 32.2. The summed E-state index contributed by atoms with van der Waals surface area (Å²) >= 11 is 0. The largest absolute Gasteiger partial charge is 0.481 e. The fourth-order valence-corrected chi connectivity index (χ4v) is 4.39. The normalized spacial score (nSPS) is 28.1. The maximum atomic E-state index is 12.4. The third-order valence-corrected chi connectivity index (χ3v) is 5.70. The van der Waals surface area contributed by atoms with E-state index in [0.717, 1.165) is 19.3 Å². The van der Waals surface area contributed by atoms with E-state index in [4.69, 9.17) is 5.11 Å². The second-order valence-corrected chi connectivity index (χ2v) is 6.93. The second-order valence-electron chi connectivity index (χ2n) is 5.00. The van der Waals surface area contributed by atoms with Crippen LogP contribution in [-0.4, -0.2) is 54.3 Å². The molecule has 7 heteroatoms. The van der Waals surface area contributed by atoms with E-state index in [1.54, 1.807) is 0 Å². The van der Waals surface area contributed by atoms with Crippen LogP contribution in [0.1, 0.15) is 32.1 Å². The summed E-state index contributed by atoms with van der Waals surface area (Å²) in [6.07, 6.45) is 4.07. The van der Waals surface area contributed by atoms with Gasteiger partial charge in [0.25, 0.3) is 10.2 Å².